The van der Waals surface area contributed by atoms with Crippen LogP contribution < -0.4 is 4.74 Å². The normalized spacial score (nSPS) is 12.9. The molecule has 0 saturated carbocycles. The van der Waals surface area contributed by atoms with E-state index in [2.05, 4.69) is 0 Å². The highest BCUT2D eigenvalue weighted by molar-refractivity contribution is 6.32. The molecule has 0 aliphatic heterocycles. The van der Waals surface area contributed by atoms with Crippen molar-refractivity contribution in [1.82, 2.24) is 4.90 Å². The SMILES string of the molecule is Cc1ccc(Cl)c(OCC(O)CN(C(=O)OC(C)(C)C)C(C)C)c1. The molecule has 0 fully saturated rings. The predicted octanol–water partition coefficient (Wildman–Crippen LogP) is 4.03. The van der Waals surface area contributed by atoms with Crippen molar-refractivity contribution in [2.75, 3.05) is 13.2 Å². The molecule has 24 heavy (non-hydrogen) atoms. The second-order valence-corrected chi connectivity index (χ2v) is 7.53. The zero-order valence-corrected chi connectivity index (χ0v) is 16.1. The minimum atomic E-state index is -0.850. The number of hydrogen-bond donors (Lipinski definition) is 1. The highest BCUT2D eigenvalue weighted by Gasteiger charge is 2.26. The lowest BCUT2D eigenvalue weighted by atomic mass is 10.2. The van der Waals surface area contributed by atoms with Crippen LogP contribution in [0, 0.1) is 6.92 Å². The minimum absolute atomic E-state index is 0.0369. The number of amides is 1. The quantitative estimate of drug-likeness (QED) is 0.834. The Morgan fingerprint density at radius 1 is 1.33 bits per heavy atom. The lowest BCUT2D eigenvalue weighted by Crippen LogP contribution is -2.46. The van der Waals surface area contributed by atoms with Gasteiger partial charge in [0.25, 0.3) is 0 Å². The molecule has 0 saturated heterocycles. The number of benzene rings is 1. The van der Waals surface area contributed by atoms with E-state index in [0.717, 1.165) is 5.56 Å². The molecule has 5 nitrogen and oxygen atoms in total. The Morgan fingerprint density at radius 2 is 1.96 bits per heavy atom. The van der Waals surface area contributed by atoms with Crippen LogP contribution in [0.15, 0.2) is 18.2 Å². The lowest BCUT2D eigenvalue weighted by molar-refractivity contribution is 0.00188. The van der Waals surface area contributed by atoms with Gasteiger partial charge in [-0.15, -0.1) is 0 Å². The van der Waals surface area contributed by atoms with Gasteiger partial charge in [0.05, 0.1) is 11.6 Å². The van der Waals surface area contributed by atoms with Gasteiger partial charge < -0.3 is 19.5 Å². The van der Waals surface area contributed by atoms with E-state index in [1.54, 1.807) is 6.07 Å². The third-order valence-electron chi connectivity index (χ3n) is 3.18. The van der Waals surface area contributed by atoms with Crippen molar-refractivity contribution in [1.29, 1.82) is 0 Å². The molecule has 1 aromatic rings. The molecule has 0 aromatic heterocycles. The van der Waals surface area contributed by atoms with E-state index in [1.165, 1.54) is 4.90 Å². The van der Waals surface area contributed by atoms with Crippen LogP contribution >= 0.6 is 11.6 Å². The molecule has 6 heteroatoms. The maximum atomic E-state index is 12.2. The number of halogens is 1. The van der Waals surface area contributed by atoms with Crippen LogP contribution in [0.4, 0.5) is 4.79 Å². The Kier molecular flexibility index (Phi) is 7.36. The molecule has 1 aromatic carbocycles. The van der Waals surface area contributed by atoms with Crippen LogP contribution in [-0.2, 0) is 4.74 Å². The van der Waals surface area contributed by atoms with Crippen LogP contribution in [0.25, 0.3) is 0 Å². The largest absolute Gasteiger partial charge is 0.489 e. The summed E-state index contributed by atoms with van der Waals surface area (Å²) < 4.78 is 11.0. The number of ether oxygens (including phenoxy) is 2. The van der Waals surface area contributed by atoms with Crippen molar-refractivity contribution in [2.24, 2.45) is 0 Å². The molecule has 136 valence electrons. The third kappa shape index (κ3) is 6.97. The van der Waals surface area contributed by atoms with Gasteiger partial charge in [-0.2, -0.15) is 0 Å². The monoisotopic (exact) mass is 357 g/mol. The molecule has 1 N–H and O–H groups in total. The van der Waals surface area contributed by atoms with Gasteiger partial charge in [-0.05, 0) is 59.2 Å². The molecule has 0 bridgehead atoms. The Morgan fingerprint density at radius 3 is 2.50 bits per heavy atom. The van der Waals surface area contributed by atoms with Crippen molar-refractivity contribution in [3.8, 4) is 5.75 Å². The molecule has 0 radical (unpaired) electrons. The number of aliphatic hydroxyl groups is 1. The van der Waals surface area contributed by atoms with Crippen molar-refractivity contribution >= 4 is 17.7 Å². The van der Waals surface area contributed by atoms with E-state index >= 15 is 0 Å². The zero-order chi connectivity index (χ0) is 18.5. The smallest absolute Gasteiger partial charge is 0.410 e. The Bertz CT molecular complexity index is 554. The molecule has 1 amide bonds. The van der Waals surface area contributed by atoms with Gasteiger partial charge in [-0.1, -0.05) is 17.7 Å². The van der Waals surface area contributed by atoms with Crippen molar-refractivity contribution in [3.63, 3.8) is 0 Å². The first kappa shape index (κ1) is 20.6. The van der Waals surface area contributed by atoms with Gasteiger partial charge >= 0.3 is 6.09 Å². The number of carbonyl (C=O) groups excluding carboxylic acids is 1. The predicted molar refractivity (Wildman–Crippen MR) is 95.8 cm³/mol. The molecule has 0 spiro atoms. The van der Waals surface area contributed by atoms with Crippen LogP contribution in [-0.4, -0.2) is 47.0 Å². The molecule has 1 rings (SSSR count). The second-order valence-electron chi connectivity index (χ2n) is 7.13. The summed E-state index contributed by atoms with van der Waals surface area (Å²) in [5, 5.41) is 10.7. The summed E-state index contributed by atoms with van der Waals surface area (Å²) in [5.74, 6) is 0.518. The summed E-state index contributed by atoms with van der Waals surface area (Å²) in [4.78, 5) is 13.7. The lowest BCUT2D eigenvalue weighted by Gasteiger charge is -2.31. The van der Waals surface area contributed by atoms with Crippen molar-refractivity contribution in [2.45, 2.75) is 59.3 Å². The van der Waals surface area contributed by atoms with Crippen LogP contribution in [0.1, 0.15) is 40.2 Å². The molecule has 1 atom stereocenters. The molecular weight excluding hydrogens is 330 g/mol. The summed E-state index contributed by atoms with van der Waals surface area (Å²) in [6.45, 7) is 11.3. The van der Waals surface area contributed by atoms with E-state index in [4.69, 9.17) is 21.1 Å². The Hall–Kier alpha value is -1.46. The fourth-order valence-electron chi connectivity index (χ4n) is 2.00. The summed E-state index contributed by atoms with van der Waals surface area (Å²) in [5.41, 5.74) is 0.433. The fraction of sp³-hybridized carbons (Fsp3) is 0.611. The first-order valence-corrected chi connectivity index (χ1v) is 8.44. The van der Waals surface area contributed by atoms with Gasteiger partial charge in [-0.3, -0.25) is 0 Å². The first-order chi connectivity index (χ1) is 11.0. The third-order valence-corrected chi connectivity index (χ3v) is 3.49. The summed E-state index contributed by atoms with van der Waals surface area (Å²) >= 11 is 6.07. The van der Waals surface area contributed by atoms with E-state index < -0.39 is 17.8 Å². The highest BCUT2D eigenvalue weighted by atomic mass is 35.5. The first-order valence-electron chi connectivity index (χ1n) is 8.06. The highest BCUT2D eigenvalue weighted by Crippen LogP contribution is 2.25. The van der Waals surface area contributed by atoms with Crippen molar-refractivity contribution < 1.29 is 19.4 Å². The number of aliphatic hydroxyl groups excluding tert-OH is 1. The van der Waals surface area contributed by atoms with Crippen molar-refractivity contribution in [3.05, 3.63) is 28.8 Å². The van der Waals surface area contributed by atoms with Crippen LogP contribution in [0.2, 0.25) is 5.02 Å². The molecule has 0 heterocycles. The molecular formula is C18H28ClNO4. The Balaban J connectivity index is 2.64. The second kappa shape index (κ2) is 8.58. The maximum absolute atomic E-state index is 12.2. The zero-order valence-electron chi connectivity index (χ0n) is 15.3. The number of nitrogens with zero attached hydrogens (tertiary/aromatic N) is 1. The summed E-state index contributed by atoms with van der Waals surface area (Å²) in [6, 6.07) is 5.34. The van der Waals surface area contributed by atoms with E-state index in [1.807, 2.05) is 53.7 Å². The maximum Gasteiger partial charge on any atom is 0.410 e. The number of rotatable bonds is 6. The number of aryl methyl sites for hydroxylation is 1. The fourth-order valence-corrected chi connectivity index (χ4v) is 2.18. The van der Waals surface area contributed by atoms with E-state index in [9.17, 15) is 9.90 Å². The van der Waals surface area contributed by atoms with E-state index in [0.29, 0.717) is 10.8 Å². The molecule has 0 aliphatic rings. The molecule has 1 unspecified atom stereocenters. The minimum Gasteiger partial charge on any atom is -0.489 e. The van der Waals surface area contributed by atoms with Gasteiger partial charge in [0.1, 0.15) is 24.1 Å². The average molecular weight is 358 g/mol. The average Bonchev–Trinajstić information content (AvgIpc) is 2.43. The summed E-state index contributed by atoms with van der Waals surface area (Å²) in [6.07, 6.45) is -1.30. The molecule has 0 aliphatic carbocycles. The number of carbonyl (C=O) groups is 1. The van der Waals surface area contributed by atoms with Gasteiger partial charge in [0, 0.05) is 6.04 Å². The van der Waals surface area contributed by atoms with Gasteiger partial charge in [0.2, 0.25) is 0 Å². The summed E-state index contributed by atoms with van der Waals surface area (Å²) in [7, 11) is 0. The standard InChI is InChI=1S/C18H28ClNO4/c1-12(2)20(17(22)24-18(4,5)6)10-14(21)11-23-16-9-13(3)7-8-15(16)19/h7-9,12,14,21H,10-11H2,1-6H3. The van der Waals surface area contributed by atoms with E-state index in [-0.39, 0.29) is 19.2 Å². The van der Waals surface area contributed by atoms with Crippen LogP contribution in [0.5, 0.6) is 5.75 Å². The van der Waals surface area contributed by atoms with Gasteiger partial charge in [-0.25, -0.2) is 4.79 Å². The van der Waals surface area contributed by atoms with Gasteiger partial charge in [0.15, 0.2) is 0 Å². The Labute approximate surface area is 149 Å². The number of hydrogen-bond acceptors (Lipinski definition) is 4. The van der Waals surface area contributed by atoms with Crippen LogP contribution in [0.3, 0.4) is 0 Å². The topological polar surface area (TPSA) is 59.0 Å².